The van der Waals surface area contributed by atoms with Gasteiger partial charge in [-0.25, -0.2) is 0 Å². The summed E-state index contributed by atoms with van der Waals surface area (Å²) in [5, 5.41) is 2.46. The zero-order chi connectivity index (χ0) is 37.8. The molecule has 2 aromatic heterocycles. The van der Waals surface area contributed by atoms with E-state index in [0.717, 1.165) is 39.4 Å². The molecule has 0 saturated heterocycles. The van der Waals surface area contributed by atoms with Gasteiger partial charge in [-0.15, -0.1) is 0 Å². The standard InChI is InChI=1S/C54H37N3/c1-4-14-40(15-5-1)54(41-16-6-2-7-17-41)50-22-12-10-20-46(50)47-30-28-44(36-51(47)54)56(43-26-24-38(25-27-43)39-32-34-55-35-33-39)45-29-31-49-48-21-11-13-23-52(48)57(53(49)37-45)42-18-8-3-9-19-42/h1-37H. The van der Waals surface area contributed by atoms with Crippen LogP contribution in [-0.2, 0) is 5.41 Å². The predicted octanol–water partition coefficient (Wildman–Crippen LogP) is 13.7. The fraction of sp³-hybridized carbons (Fsp3) is 0.0185. The second-order valence-electron chi connectivity index (χ2n) is 14.8. The van der Waals surface area contributed by atoms with Gasteiger partial charge < -0.3 is 9.47 Å². The second kappa shape index (κ2) is 13.4. The number of fused-ring (bicyclic) bond motifs is 6. The molecule has 3 heteroatoms. The third-order valence-corrected chi connectivity index (χ3v) is 11.8. The number of nitrogens with zero attached hydrogens (tertiary/aromatic N) is 3. The molecule has 0 amide bonds. The molecule has 0 aliphatic heterocycles. The van der Waals surface area contributed by atoms with Crippen molar-refractivity contribution >= 4 is 38.9 Å². The van der Waals surface area contributed by atoms with E-state index in [0.29, 0.717) is 0 Å². The highest BCUT2D eigenvalue weighted by molar-refractivity contribution is 6.10. The first kappa shape index (κ1) is 32.9. The highest BCUT2D eigenvalue weighted by Gasteiger charge is 2.46. The Labute approximate surface area is 332 Å². The summed E-state index contributed by atoms with van der Waals surface area (Å²) in [5.41, 5.74) is 16.1. The highest BCUT2D eigenvalue weighted by Crippen LogP contribution is 2.57. The van der Waals surface area contributed by atoms with Gasteiger partial charge in [-0.2, -0.15) is 0 Å². The summed E-state index contributed by atoms with van der Waals surface area (Å²) in [6.45, 7) is 0. The van der Waals surface area contributed by atoms with Gasteiger partial charge in [-0.3, -0.25) is 4.98 Å². The summed E-state index contributed by atoms with van der Waals surface area (Å²) < 4.78 is 2.40. The molecule has 0 saturated carbocycles. The summed E-state index contributed by atoms with van der Waals surface area (Å²) in [6.07, 6.45) is 3.70. The van der Waals surface area contributed by atoms with Crippen LogP contribution in [0.1, 0.15) is 22.3 Å². The SMILES string of the molecule is c1ccc(-n2c3ccccc3c3ccc(N(c4ccc(-c5ccncc5)cc4)c4ccc5c(c4)C(c4ccccc4)(c4ccccc4)c4ccccc4-5)cc32)cc1. The molecule has 1 aliphatic carbocycles. The van der Waals surface area contributed by atoms with E-state index in [1.807, 2.05) is 12.4 Å². The molecule has 0 bridgehead atoms. The van der Waals surface area contributed by atoms with Crippen LogP contribution in [0, 0.1) is 0 Å². The highest BCUT2D eigenvalue weighted by atomic mass is 15.1. The first-order valence-electron chi connectivity index (χ1n) is 19.5. The van der Waals surface area contributed by atoms with Gasteiger partial charge in [0.05, 0.1) is 16.4 Å². The van der Waals surface area contributed by atoms with Gasteiger partial charge in [0.2, 0.25) is 0 Å². The van der Waals surface area contributed by atoms with Crippen molar-refractivity contribution in [3.8, 4) is 27.9 Å². The van der Waals surface area contributed by atoms with Crippen LogP contribution in [-0.4, -0.2) is 9.55 Å². The molecule has 11 rings (SSSR count). The van der Waals surface area contributed by atoms with Crippen LogP contribution < -0.4 is 4.90 Å². The van der Waals surface area contributed by atoms with Crippen molar-refractivity contribution in [2.45, 2.75) is 5.41 Å². The Hall–Kier alpha value is -7.49. The lowest BCUT2D eigenvalue weighted by Gasteiger charge is -2.35. The van der Waals surface area contributed by atoms with Gasteiger partial charge in [0.1, 0.15) is 0 Å². The molecule has 0 radical (unpaired) electrons. The molecule has 1 aliphatic rings. The molecular weight excluding hydrogens is 691 g/mol. The number of hydrogen-bond donors (Lipinski definition) is 0. The topological polar surface area (TPSA) is 21.1 Å². The van der Waals surface area contributed by atoms with Crippen LogP contribution >= 0.6 is 0 Å². The van der Waals surface area contributed by atoms with E-state index >= 15 is 0 Å². The van der Waals surface area contributed by atoms with E-state index in [4.69, 9.17) is 0 Å². The Kier molecular flexibility index (Phi) is 7.71. The molecule has 268 valence electrons. The largest absolute Gasteiger partial charge is 0.310 e. The molecule has 8 aromatic carbocycles. The van der Waals surface area contributed by atoms with Gasteiger partial charge in [-0.05, 0) is 111 Å². The average molecular weight is 728 g/mol. The van der Waals surface area contributed by atoms with Gasteiger partial charge in [-0.1, -0.05) is 146 Å². The molecule has 0 fully saturated rings. The normalized spacial score (nSPS) is 12.7. The van der Waals surface area contributed by atoms with Crippen molar-refractivity contribution in [1.29, 1.82) is 0 Å². The zero-order valence-electron chi connectivity index (χ0n) is 31.2. The van der Waals surface area contributed by atoms with Gasteiger partial charge in [0, 0.05) is 45.9 Å². The number of rotatable bonds is 7. The Bertz CT molecular complexity index is 3000. The monoisotopic (exact) mass is 727 g/mol. The molecular formula is C54H37N3. The van der Waals surface area contributed by atoms with Crippen LogP contribution in [0.15, 0.2) is 225 Å². The van der Waals surface area contributed by atoms with Crippen LogP contribution in [0.2, 0.25) is 0 Å². The summed E-state index contributed by atoms with van der Waals surface area (Å²) >= 11 is 0. The lowest BCUT2D eigenvalue weighted by Crippen LogP contribution is -2.28. The summed E-state index contributed by atoms with van der Waals surface area (Å²) in [5.74, 6) is 0. The number of pyridine rings is 1. The Balaban J connectivity index is 1.18. The van der Waals surface area contributed by atoms with Crippen molar-refractivity contribution in [1.82, 2.24) is 9.55 Å². The molecule has 3 nitrogen and oxygen atoms in total. The Morgan fingerprint density at radius 1 is 0.386 bits per heavy atom. The summed E-state index contributed by atoms with van der Waals surface area (Å²) in [4.78, 5) is 6.68. The van der Waals surface area contributed by atoms with E-state index in [2.05, 4.69) is 227 Å². The lowest BCUT2D eigenvalue weighted by molar-refractivity contribution is 0.768. The molecule has 2 heterocycles. The zero-order valence-corrected chi connectivity index (χ0v) is 31.2. The molecule has 0 spiro atoms. The number of para-hydroxylation sites is 2. The number of aromatic nitrogens is 2. The molecule has 0 N–H and O–H groups in total. The number of benzene rings is 8. The molecule has 0 atom stereocenters. The first-order chi connectivity index (χ1) is 28.3. The van der Waals surface area contributed by atoms with E-state index in [-0.39, 0.29) is 0 Å². The van der Waals surface area contributed by atoms with Gasteiger partial charge in [0.15, 0.2) is 0 Å². The van der Waals surface area contributed by atoms with E-state index < -0.39 is 5.41 Å². The van der Waals surface area contributed by atoms with Crippen molar-refractivity contribution in [3.63, 3.8) is 0 Å². The van der Waals surface area contributed by atoms with Crippen molar-refractivity contribution in [2.24, 2.45) is 0 Å². The fourth-order valence-electron chi connectivity index (χ4n) is 9.32. The molecule has 57 heavy (non-hydrogen) atoms. The van der Waals surface area contributed by atoms with E-state index in [1.165, 1.54) is 49.7 Å². The van der Waals surface area contributed by atoms with Crippen molar-refractivity contribution in [2.75, 3.05) is 4.90 Å². The summed E-state index contributed by atoms with van der Waals surface area (Å²) in [7, 11) is 0. The van der Waals surface area contributed by atoms with Crippen LogP contribution in [0.5, 0.6) is 0 Å². The maximum absolute atomic E-state index is 4.25. The van der Waals surface area contributed by atoms with Gasteiger partial charge in [0.25, 0.3) is 0 Å². The number of hydrogen-bond acceptors (Lipinski definition) is 2. The van der Waals surface area contributed by atoms with E-state index in [1.54, 1.807) is 0 Å². The third-order valence-electron chi connectivity index (χ3n) is 11.8. The average Bonchev–Trinajstić information content (AvgIpc) is 3.78. The fourth-order valence-corrected chi connectivity index (χ4v) is 9.32. The second-order valence-corrected chi connectivity index (χ2v) is 14.8. The van der Waals surface area contributed by atoms with Gasteiger partial charge >= 0.3 is 0 Å². The minimum atomic E-state index is -0.509. The number of anilines is 3. The smallest absolute Gasteiger partial charge is 0.0714 e. The first-order valence-corrected chi connectivity index (χ1v) is 19.5. The van der Waals surface area contributed by atoms with Crippen LogP contribution in [0.3, 0.4) is 0 Å². The molecule has 0 unspecified atom stereocenters. The quantitative estimate of drug-likeness (QED) is 0.163. The maximum Gasteiger partial charge on any atom is 0.0714 e. The van der Waals surface area contributed by atoms with E-state index in [9.17, 15) is 0 Å². The molecule has 10 aromatic rings. The van der Waals surface area contributed by atoms with Crippen LogP contribution in [0.4, 0.5) is 17.1 Å². The predicted molar refractivity (Wildman–Crippen MR) is 236 cm³/mol. The van der Waals surface area contributed by atoms with Crippen LogP contribution in [0.25, 0.3) is 49.7 Å². The third kappa shape index (κ3) is 5.17. The maximum atomic E-state index is 4.25. The lowest BCUT2D eigenvalue weighted by atomic mass is 9.67. The van der Waals surface area contributed by atoms with Crippen molar-refractivity contribution < 1.29 is 0 Å². The minimum absolute atomic E-state index is 0.509. The minimum Gasteiger partial charge on any atom is -0.310 e. The summed E-state index contributed by atoms with van der Waals surface area (Å²) in [6, 6.07) is 77.5. The Morgan fingerprint density at radius 2 is 0.930 bits per heavy atom. The Morgan fingerprint density at radius 3 is 1.67 bits per heavy atom. The van der Waals surface area contributed by atoms with Crippen molar-refractivity contribution in [3.05, 3.63) is 247 Å².